The summed E-state index contributed by atoms with van der Waals surface area (Å²) in [6.45, 7) is 21.0. The Balaban J connectivity index is 1.02. The van der Waals surface area contributed by atoms with Crippen molar-refractivity contribution in [2.75, 3.05) is 0 Å². The van der Waals surface area contributed by atoms with Crippen molar-refractivity contribution in [1.82, 2.24) is 0 Å². The van der Waals surface area contributed by atoms with Gasteiger partial charge >= 0.3 is 0 Å². The quantitative estimate of drug-likeness (QED) is 0.116. The van der Waals surface area contributed by atoms with Crippen LogP contribution >= 0.6 is 0 Å². The molecule has 0 fully saturated rings. The fourth-order valence-corrected chi connectivity index (χ4v) is 12.2. The Kier molecular flexibility index (Phi) is 8.76. The van der Waals surface area contributed by atoms with Gasteiger partial charge in [0.1, 0.15) is 0 Å². The number of hydrogen-bond acceptors (Lipinski definition) is 0. The highest BCUT2D eigenvalue weighted by atomic mass is 14.4. The third-order valence-electron chi connectivity index (χ3n) is 15.8. The summed E-state index contributed by atoms with van der Waals surface area (Å²) >= 11 is 0. The van der Waals surface area contributed by atoms with Crippen LogP contribution in [0.25, 0.3) is 88.3 Å². The standard InChI is InChI=1S/C66H54/c1-9-41(27-26-40(2)42-28-32-49-46-18-12-15-23-56(46)64(3,4)59(49)37-42)43-29-35-54-55(36-43)63(45-31-34-51-48-20-14-17-25-58(48)66(7,8)61(51)39-45)53-22-11-10-21-52(53)62(54)44-30-33-50-47-19-13-16-24-57(47)65(5,6)60(50)38-44/h9-39H,2H2,1,3-8H3/b27-26-,41-9+. The van der Waals surface area contributed by atoms with E-state index < -0.39 is 0 Å². The van der Waals surface area contributed by atoms with Crippen LogP contribution in [-0.4, -0.2) is 0 Å². The molecule has 0 aliphatic heterocycles. The number of hydrogen-bond donors (Lipinski definition) is 0. The van der Waals surface area contributed by atoms with Gasteiger partial charge in [-0.15, -0.1) is 0 Å². The van der Waals surface area contributed by atoms with Gasteiger partial charge < -0.3 is 0 Å². The van der Waals surface area contributed by atoms with Gasteiger partial charge in [0, 0.05) is 16.2 Å². The monoisotopic (exact) mass is 846 g/mol. The molecule has 0 unspecified atom stereocenters. The van der Waals surface area contributed by atoms with Gasteiger partial charge in [-0.2, -0.15) is 0 Å². The van der Waals surface area contributed by atoms with Crippen molar-refractivity contribution >= 4 is 32.7 Å². The van der Waals surface area contributed by atoms with E-state index in [-0.39, 0.29) is 16.2 Å². The SMILES string of the molecule is C=C(/C=C\C(=C/C)c1ccc2c(-c3ccc4c(c3)C(C)(C)c3ccccc3-4)c3ccccc3c(-c3ccc4c(c3)C(C)(C)c3ccccc3-4)c2c1)c1ccc2c(c1)C(C)(C)c1ccccc1-2. The normalized spacial score (nSPS) is 15.7. The molecule has 0 N–H and O–H groups in total. The Bertz CT molecular complexity index is 3630. The van der Waals surface area contributed by atoms with E-state index in [9.17, 15) is 0 Å². The van der Waals surface area contributed by atoms with Gasteiger partial charge in [-0.1, -0.05) is 212 Å². The molecule has 3 aliphatic rings. The molecule has 12 rings (SSSR count). The first-order valence-electron chi connectivity index (χ1n) is 23.6. The smallest absolute Gasteiger partial charge is 0.0159 e. The van der Waals surface area contributed by atoms with Crippen LogP contribution in [-0.2, 0) is 16.2 Å². The van der Waals surface area contributed by atoms with Crippen LogP contribution in [0, 0.1) is 0 Å². The van der Waals surface area contributed by atoms with Gasteiger partial charge in [0.2, 0.25) is 0 Å². The first kappa shape index (κ1) is 40.2. The lowest BCUT2D eigenvalue weighted by Crippen LogP contribution is -2.15. The van der Waals surface area contributed by atoms with E-state index in [0.29, 0.717) is 0 Å². The van der Waals surface area contributed by atoms with Gasteiger partial charge in [-0.3, -0.25) is 0 Å². The molecular weight excluding hydrogens is 793 g/mol. The minimum absolute atomic E-state index is 0.0637. The van der Waals surface area contributed by atoms with Gasteiger partial charge in [-0.25, -0.2) is 0 Å². The van der Waals surface area contributed by atoms with Crippen molar-refractivity contribution in [3.63, 3.8) is 0 Å². The molecule has 0 heterocycles. The summed E-state index contributed by atoms with van der Waals surface area (Å²) in [5.41, 5.74) is 25.6. The number of allylic oxidation sites excluding steroid dienone is 5. The summed E-state index contributed by atoms with van der Waals surface area (Å²) in [6.07, 6.45) is 6.70. The predicted molar refractivity (Wildman–Crippen MR) is 283 cm³/mol. The summed E-state index contributed by atoms with van der Waals surface area (Å²) in [6, 6.07) is 64.4. The van der Waals surface area contributed by atoms with Gasteiger partial charge in [0.05, 0.1) is 0 Å². The zero-order valence-corrected chi connectivity index (χ0v) is 39.1. The highest BCUT2D eigenvalue weighted by Gasteiger charge is 2.38. The van der Waals surface area contributed by atoms with Gasteiger partial charge in [-0.05, 0) is 164 Å². The fraction of sp³-hybridized carbons (Fsp3) is 0.152. The third-order valence-corrected chi connectivity index (χ3v) is 15.8. The summed E-state index contributed by atoms with van der Waals surface area (Å²) in [5, 5.41) is 5.05. The van der Waals surface area contributed by atoms with Crippen molar-refractivity contribution in [2.45, 2.75) is 64.7 Å². The van der Waals surface area contributed by atoms with E-state index in [0.717, 1.165) is 16.7 Å². The van der Waals surface area contributed by atoms with Crippen LogP contribution in [0.1, 0.15) is 93.0 Å². The highest BCUT2D eigenvalue weighted by molar-refractivity contribution is 6.22. The second kappa shape index (κ2) is 14.4. The number of fused-ring (bicyclic) bond motifs is 11. The zero-order chi connectivity index (χ0) is 45.3. The highest BCUT2D eigenvalue weighted by Crippen LogP contribution is 2.54. The Hall–Kier alpha value is -7.28. The van der Waals surface area contributed by atoms with Crippen LogP contribution in [0.4, 0.5) is 0 Å². The number of rotatable bonds is 6. The van der Waals surface area contributed by atoms with E-state index in [1.165, 1.54) is 116 Å². The molecule has 0 saturated heterocycles. The lowest BCUT2D eigenvalue weighted by Gasteiger charge is -2.24. The molecule has 0 nitrogen and oxygen atoms in total. The van der Waals surface area contributed by atoms with Crippen molar-refractivity contribution in [2.24, 2.45) is 0 Å². The van der Waals surface area contributed by atoms with E-state index in [1.54, 1.807) is 0 Å². The minimum atomic E-state index is -0.114. The molecule has 0 saturated carbocycles. The topological polar surface area (TPSA) is 0 Å². The first-order chi connectivity index (χ1) is 31.9. The number of benzene rings is 9. The molecule has 0 bridgehead atoms. The molecule has 0 spiro atoms. The molecule has 0 atom stereocenters. The fourth-order valence-electron chi connectivity index (χ4n) is 12.2. The van der Waals surface area contributed by atoms with Crippen molar-refractivity contribution < 1.29 is 0 Å². The van der Waals surface area contributed by atoms with Crippen molar-refractivity contribution in [1.29, 1.82) is 0 Å². The van der Waals surface area contributed by atoms with Crippen LogP contribution in [0.3, 0.4) is 0 Å². The average molecular weight is 847 g/mol. The summed E-state index contributed by atoms with van der Waals surface area (Å²) in [5.74, 6) is 0. The van der Waals surface area contributed by atoms with E-state index in [1.807, 2.05) is 0 Å². The summed E-state index contributed by atoms with van der Waals surface area (Å²) in [4.78, 5) is 0. The molecule has 0 amide bonds. The van der Waals surface area contributed by atoms with Gasteiger partial charge in [0.25, 0.3) is 0 Å². The molecule has 0 aromatic heterocycles. The zero-order valence-electron chi connectivity index (χ0n) is 39.1. The van der Waals surface area contributed by atoms with Crippen LogP contribution in [0.15, 0.2) is 195 Å². The van der Waals surface area contributed by atoms with E-state index in [2.05, 4.69) is 243 Å². The molecule has 9 aromatic rings. The maximum absolute atomic E-state index is 4.62. The lowest BCUT2D eigenvalue weighted by atomic mass is 9.79. The Morgan fingerprint density at radius 3 is 1.26 bits per heavy atom. The maximum atomic E-state index is 4.62. The largest absolute Gasteiger partial charge is 0.0912 e. The minimum Gasteiger partial charge on any atom is -0.0912 e. The van der Waals surface area contributed by atoms with Crippen LogP contribution in [0.2, 0.25) is 0 Å². The van der Waals surface area contributed by atoms with E-state index in [4.69, 9.17) is 0 Å². The van der Waals surface area contributed by atoms with E-state index >= 15 is 0 Å². The summed E-state index contributed by atoms with van der Waals surface area (Å²) in [7, 11) is 0. The Morgan fingerprint density at radius 2 is 0.758 bits per heavy atom. The molecule has 0 radical (unpaired) electrons. The predicted octanol–water partition coefficient (Wildman–Crippen LogP) is 17.9. The molecule has 318 valence electrons. The maximum Gasteiger partial charge on any atom is 0.0159 e. The van der Waals surface area contributed by atoms with Crippen molar-refractivity contribution in [3.8, 4) is 55.6 Å². The first-order valence-corrected chi connectivity index (χ1v) is 23.6. The molecule has 66 heavy (non-hydrogen) atoms. The Morgan fingerprint density at radius 1 is 0.364 bits per heavy atom. The van der Waals surface area contributed by atoms with Crippen LogP contribution in [0.5, 0.6) is 0 Å². The lowest BCUT2D eigenvalue weighted by molar-refractivity contribution is 0.660. The second-order valence-electron chi connectivity index (χ2n) is 20.5. The molecule has 3 aliphatic carbocycles. The van der Waals surface area contributed by atoms with Crippen LogP contribution < -0.4 is 0 Å². The molecule has 0 heteroatoms. The Labute approximate surface area is 390 Å². The van der Waals surface area contributed by atoms with Gasteiger partial charge in [0.15, 0.2) is 0 Å². The van der Waals surface area contributed by atoms with Crippen molar-refractivity contribution in [3.05, 3.63) is 239 Å². The molecular formula is C66H54. The second-order valence-corrected chi connectivity index (χ2v) is 20.5. The average Bonchev–Trinajstić information content (AvgIpc) is 3.82. The molecule has 9 aromatic carbocycles. The summed E-state index contributed by atoms with van der Waals surface area (Å²) < 4.78 is 0. The third kappa shape index (κ3) is 5.70.